The summed E-state index contributed by atoms with van der Waals surface area (Å²) in [5.74, 6) is 0. The highest BCUT2D eigenvalue weighted by atomic mass is 35.5. The molecule has 0 amide bonds. The molecule has 0 aliphatic carbocycles. The van der Waals surface area contributed by atoms with Crippen LogP contribution in [0.25, 0.3) is 0 Å². The van der Waals surface area contributed by atoms with E-state index < -0.39 is 10.8 Å². The Labute approximate surface area is 121 Å². The fraction of sp³-hybridized carbons (Fsp3) is 0.200. The zero-order valence-corrected chi connectivity index (χ0v) is 12.2. The predicted octanol–water partition coefficient (Wildman–Crippen LogP) is 3.54. The molecule has 2 nitrogen and oxygen atoms in total. The Balaban J connectivity index is 2.20. The minimum atomic E-state index is -1.18. The molecule has 0 fully saturated rings. The molecule has 19 heavy (non-hydrogen) atoms. The summed E-state index contributed by atoms with van der Waals surface area (Å²) in [6, 6.07) is 16.6. The molecule has 3 unspecified atom stereocenters. The number of hydrogen-bond acceptors (Lipinski definition) is 2. The van der Waals surface area contributed by atoms with E-state index >= 15 is 0 Å². The first-order valence-electron chi connectivity index (χ1n) is 6.06. The molecular formula is C15H16ClNOS. The van der Waals surface area contributed by atoms with Gasteiger partial charge < -0.3 is 5.73 Å². The molecule has 0 saturated carbocycles. The Kier molecular flexibility index (Phi) is 4.75. The molecule has 2 N–H and O–H groups in total. The van der Waals surface area contributed by atoms with Crippen LogP contribution in [0.1, 0.15) is 18.5 Å². The maximum absolute atomic E-state index is 12.5. The van der Waals surface area contributed by atoms with Crippen molar-refractivity contribution in [1.29, 1.82) is 0 Å². The molecule has 0 heterocycles. The molecule has 3 atom stereocenters. The van der Waals surface area contributed by atoms with Crippen LogP contribution >= 0.6 is 11.6 Å². The first-order chi connectivity index (χ1) is 9.09. The van der Waals surface area contributed by atoms with Crippen LogP contribution in [-0.2, 0) is 10.8 Å². The minimum Gasteiger partial charge on any atom is -0.323 e. The van der Waals surface area contributed by atoms with Crippen LogP contribution in [0.3, 0.4) is 0 Å². The third-order valence-electron chi connectivity index (χ3n) is 3.06. The summed E-state index contributed by atoms with van der Waals surface area (Å²) < 4.78 is 12.5. The molecule has 0 aliphatic heterocycles. The van der Waals surface area contributed by atoms with Crippen molar-refractivity contribution in [3.8, 4) is 0 Å². The third-order valence-corrected chi connectivity index (χ3v) is 4.98. The fourth-order valence-corrected chi connectivity index (χ4v) is 3.45. The molecule has 0 bridgehead atoms. The second kappa shape index (κ2) is 6.33. The summed E-state index contributed by atoms with van der Waals surface area (Å²) in [6.07, 6.45) is 0. The van der Waals surface area contributed by atoms with Crippen LogP contribution in [0.15, 0.2) is 59.5 Å². The van der Waals surface area contributed by atoms with Crippen LogP contribution < -0.4 is 5.73 Å². The Morgan fingerprint density at radius 2 is 1.79 bits per heavy atom. The van der Waals surface area contributed by atoms with Crippen LogP contribution in [0, 0.1) is 0 Å². The van der Waals surface area contributed by atoms with Gasteiger partial charge in [0.25, 0.3) is 0 Å². The molecule has 0 saturated heterocycles. The maximum Gasteiger partial charge on any atom is 0.0577 e. The van der Waals surface area contributed by atoms with E-state index in [1.807, 2.05) is 43.3 Å². The van der Waals surface area contributed by atoms with Gasteiger partial charge in [0, 0.05) is 16.0 Å². The normalized spacial score (nSPS) is 15.7. The van der Waals surface area contributed by atoms with E-state index in [1.54, 1.807) is 18.2 Å². The average molecular weight is 294 g/mol. The van der Waals surface area contributed by atoms with E-state index in [1.165, 1.54) is 0 Å². The highest BCUT2D eigenvalue weighted by Gasteiger charge is 2.22. The van der Waals surface area contributed by atoms with Crippen molar-refractivity contribution in [2.24, 2.45) is 5.73 Å². The van der Waals surface area contributed by atoms with Gasteiger partial charge in [0.1, 0.15) is 0 Å². The first-order valence-corrected chi connectivity index (χ1v) is 7.65. The highest BCUT2D eigenvalue weighted by Crippen LogP contribution is 2.23. The van der Waals surface area contributed by atoms with Crippen molar-refractivity contribution in [3.05, 3.63) is 65.2 Å². The van der Waals surface area contributed by atoms with Crippen LogP contribution in [0.4, 0.5) is 0 Å². The zero-order chi connectivity index (χ0) is 13.8. The molecule has 2 aromatic rings. The largest absolute Gasteiger partial charge is 0.323 e. The van der Waals surface area contributed by atoms with Crippen LogP contribution in [0.2, 0.25) is 5.02 Å². The Morgan fingerprint density at radius 1 is 1.11 bits per heavy atom. The van der Waals surface area contributed by atoms with Crippen LogP contribution in [0.5, 0.6) is 0 Å². The van der Waals surface area contributed by atoms with Crippen molar-refractivity contribution < 1.29 is 4.21 Å². The lowest BCUT2D eigenvalue weighted by Gasteiger charge is -2.20. The lowest BCUT2D eigenvalue weighted by molar-refractivity contribution is 0.643. The average Bonchev–Trinajstić information content (AvgIpc) is 2.46. The molecule has 0 radical (unpaired) electrons. The standard InChI is InChI=1S/C15H16ClNOS/c1-11(15(17)12-6-3-2-4-7-12)19(18)14-9-5-8-13(16)10-14/h2-11,15H,17H2,1H3. The van der Waals surface area contributed by atoms with E-state index in [4.69, 9.17) is 17.3 Å². The summed E-state index contributed by atoms with van der Waals surface area (Å²) in [5.41, 5.74) is 7.18. The molecule has 0 aromatic heterocycles. The van der Waals surface area contributed by atoms with Crippen molar-refractivity contribution in [2.45, 2.75) is 23.1 Å². The van der Waals surface area contributed by atoms with Crippen molar-refractivity contribution in [3.63, 3.8) is 0 Å². The SMILES string of the molecule is CC(C(N)c1ccccc1)S(=O)c1cccc(Cl)c1. The summed E-state index contributed by atoms with van der Waals surface area (Å²) in [5, 5.41) is 0.409. The number of halogens is 1. The third kappa shape index (κ3) is 3.44. The van der Waals surface area contributed by atoms with Gasteiger partial charge >= 0.3 is 0 Å². The van der Waals surface area contributed by atoms with Gasteiger partial charge in [0.05, 0.1) is 16.0 Å². The number of hydrogen-bond donors (Lipinski definition) is 1. The van der Waals surface area contributed by atoms with Crippen molar-refractivity contribution in [2.75, 3.05) is 0 Å². The lowest BCUT2D eigenvalue weighted by Crippen LogP contribution is -2.27. The number of benzene rings is 2. The maximum atomic E-state index is 12.5. The highest BCUT2D eigenvalue weighted by molar-refractivity contribution is 7.85. The molecule has 2 rings (SSSR count). The minimum absolute atomic E-state index is 0.180. The van der Waals surface area contributed by atoms with Gasteiger partial charge in [-0.05, 0) is 30.7 Å². The zero-order valence-electron chi connectivity index (χ0n) is 10.6. The lowest BCUT2D eigenvalue weighted by atomic mass is 10.1. The summed E-state index contributed by atoms with van der Waals surface area (Å²) >= 11 is 5.92. The second-order valence-corrected chi connectivity index (χ2v) is 6.64. The molecule has 0 spiro atoms. The smallest absolute Gasteiger partial charge is 0.0577 e. The molecule has 100 valence electrons. The summed E-state index contributed by atoms with van der Waals surface area (Å²) in [6.45, 7) is 1.90. The van der Waals surface area contributed by atoms with E-state index in [0.29, 0.717) is 9.92 Å². The Hall–Kier alpha value is -1.16. The summed E-state index contributed by atoms with van der Waals surface area (Å²) in [4.78, 5) is 0.714. The van der Waals surface area contributed by atoms with Gasteiger partial charge in [-0.1, -0.05) is 48.0 Å². The molecule has 4 heteroatoms. The molecular weight excluding hydrogens is 278 g/mol. The molecule has 0 aliphatic rings. The number of nitrogens with two attached hydrogens (primary N) is 1. The van der Waals surface area contributed by atoms with Gasteiger partial charge in [-0.3, -0.25) is 4.21 Å². The van der Waals surface area contributed by atoms with E-state index in [0.717, 1.165) is 5.56 Å². The topological polar surface area (TPSA) is 43.1 Å². The summed E-state index contributed by atoms with van der Waals surface area (Å²) in [7, 11) is -1.18. The molecule has 2 aromatic carbocycles. The predicted molar refractivity (Wildman–Crippen MR) is 80.7 cm³/mol. The number of rotatable bonds is 4. The van der Waals surface area contributed by atoms with Gasteiger partial charge in [-0.15, -0.1) is 0 Å². The van der Waals surface area contributed by atoms with E-state index in [9.17, 15) is 4.21 Å². The van der Waals surface area contributed by atoms with Crippen LogP contribution in [-0.4, -0.2) is 9.46 Å². The van der Waals surface area contributed by atoms with Crippen molar-refractivity contribution >= 4 is 22.4 Å². The van der Waals surface area contributed by atoms with Crippen molar-refractivity contribution in [1.82, 2.24) is 0 Å². The quantitative estimate of drug-likeness (QED) is 0.937. The Morgan fingerprint density at radius 3 is 2.42 bits per heavy atom. The van der Waals surface area contributed by atoms with E-state index in [-0.39, 0.29) is 11.3 Å². The Bertz CT molecular complexity index is 573. The fourth-order valence-electron chi connectivity index (χ4n) is 1.89. The van der Waals surface area contributed by atoms with Gasteiger partial charge in [0.15, 0.2) is 0 Å². The van der Waals surface area contributed by atoms with E-state index in [2.05, 4.69) is 0 Å². The van der Waals surface area contributed by atoms with Gasteiger partial charge in [-0.25, -0.2) is 0 Å². The second-order valence-electron chi connectivity index (χ2n) is 4.40. The monoisotopic (exact) mass is 293 g/mol. The van der Waals surface area contributed by atoms with Gasteiger partial charge in [0.2, 0.25) is 0 Å². The van der Waals surface area contributed by atoms with Gasteiger partial charge in [-0.2, -0.15) is 0 Å². The first kappa shape index (κ1) is 14.3.